The predicted octanol–water partition coefficient (Wildman–Crippen LogP) is 1.22. The van der Waals surface area contributed by atoms with Gasteiger partial charge >= 0.3 is 5.76 Å². The molecule has 2 atom stereocenters. The van der Waals surface area contributed by atoms with E-state index in [0.29, 0.717) is 18.0 Å². The molecular weight excluding hydrogens is 244 g/mol. The largest absolute Gasteiger partial charge is 0.420 e. The van der Waals surface area contributed by atoms with E-state index in [1.54, 1.807) is 4.57 Å². The van der Waals surface area contributed by atoms with E-state index in [1.807, 2.05) is 31.3 Å². The molecule has 5 nitrogen and oxygen atoms in total. The lowest BCUT2D eigenvalue weighted by Crippen LogP contribution is -2.39. The number of aromatic nitrogens is 1. The Morgan fingerprint density at radius 1 is 1.47 bits per heavy atom. The number of likely N-dealkylation sites (N-methyl/N-ethyl adjacent to an activating group) is 1. The van der Waals surface area contributed by atoms with Crippen molar-refractivity contribution in [3.63, 3.8) is 0 Å². The van der Waals surface area contributed by atoms with Crippen LogP contribution in [0.4, 0.5) is 0 Å². The standard InChI is InChI=1S/C14H18N2O3/c1-15-11(10-6-7-18-9-10)8-16-12-4-2-3-5-13(12)19-14(16)17/h2-5,10-11,15H,6-9H2,1H3. The molecule has 1 aromatic carbocycles. The Hall–Kier alpha value is -1.59. The number of hydrogen-bond donors (Lipinski definition) is 1. The van der Waals surface area contributed by atoms with Crippen LogP contribution in [0.3, 0.4) is 0 Å². The molecule has 19 heavy (non-hydrogen) atoms. The lowest BCUT2D eigenvalue weighted by molar-refractivity contribution is 0.174. The van der Waals surface area contributed by atoms with Gasteiger partial charge in [-0.05, 0) is 25.6 Å². The van der Waals surface area contributed by atoms with Gasteiger partial charge in [0.2, 0.25) is 0 Å². The molecule has 2 aromatic rings. The first-order valence-electron chi connectivity index (χ1n) is 6.63. The van der Waals surface area contributed by atoms with E-state index in [9.17, 15) is 4.79 Å². The average Bonchev–Trinajstić information content (AvgIpc) is 3.04. The van der Waals surface area contributed by atoms with Crippen molar-refractivity contribution in [2.75, 3.05) is 20.3 Å². The molecule has 1 fully saturated rings. The van der Waals surface area contributed by atoms with Crippen LogP contribution in [0.25, 0.3) is 11.1 Å². The molecule has 0 saturated carbocycles. The van der Waals surface area contributed by atoms with Crippen molar-refractivity contribution in [1.82, 2.24) is 9.88 Å². The first kappa shape index (κ1) is 12.4. The Balaban J connectivity index is 1.91. The molecular formula is C14H18N2O3. The first-order valence-corrected chi connectivity index (χ1v) is 6.63. The molecule has 1 saturated heterocycles. The molecule has 2 heterocycles. The number of fused-ring (bicyclic) bond motifs is 1. The Labute approximate surface area is 111 Å². The Morgan fingerprint density at radius 3 is 3.05 bits per heavy atom. The number of benzene rings is 1. The molecule has 0 amide bonds. The molecule has 0 radical (unpaired) electrons. The van der Waals surface area contributed by atoms with Gasteiger partial charge in [-0.15, -0.1) is 0 Å². The molecule has 0 aliphatic carbocycles. The fraction of sp³-hybridized carbons (Fsp3) is 0.500. The first-order chi connectivity index (χ1) is 9.29. The van der Waals surface area contributed by atoms with Crippen LogP contribution in [0, 0.1) is 5.92 Å². The molecule has 3 rings (SSSR count). The molecule has 102 valence electrons. The number of nitrogens with one attached hydrogen (secondary N) is 1. The summed E-state index contributed by atoms with van der Waals surface area (Å²) < 4.78 is 12.4. The van der Waals surface area contributed by atoms with Gasteiger partial charge in [-0.25, -0.2) is 4.79 Å². The summed E-state index contributed by atoms with van der Waals surface area (Å²) in [5.74, 6) is 0.158. The van der Waals surface area contributed by atoms with Crippen LogP contribution in [-0.4, -0.2) is 30.9 Å². The normalized spacial score (nSPS) is 21.0. The molecule has 1 aliphatic rings. The summed E-state index contributed by atoms with van der Waals surface area (Å²) in [5, 5.41) is 3.29. The highest BCUT2D eigenvalue weighted by Gasteiger charge is 2.26. The quantitative estimate of drug-likeness (QED) is 0.900. The van der Waals surface area contributed by atoms with Gasteiger partial charge in [-0.3, -0.25) is 4.57 Å². The highest BCUT2D eigenvalue weighted by molar-refractivity contribution is 5.72. The van der Waals surface area contributed by atoms with Crippen LogP contribution in [0.2, 0.25) is 0 Å². The van der Waals surface area contributed by atoms with E-state index in [0.717, 1.165) is 25.2 Å². The van der Waals surface area contributed by atoms with Gasteiger partial charge in [0, 0.05) is 25.1 Å². The molecule has 1 aliphatic heterocycles. The van der Waals surface area contributed by atoms with Crippen molar-refractivity contribution < 1.29 is 9.15 Å². The number of para-hydroxylation sites is 2. The summed E-state index contributed by atoms with van der Waals surface area (Å²) in [7, 11) is 1.93. The summed E-state index contributed by atoms with van der Waals surface area (Å²) in [4.78, 5) is 11.9. The van der Waals surface area contributed by atoms with Crippen molar-refractivity contribution >= 4 is 11.1 Å². The van der Waals surface area contributed by atoms with Gasteiger partial charge in [-0.2, -0.15) is 0 Å². The van der Waals surface area contributed by atoms with E-state index in [-0.39, 0.29) is 11.8 Å². The van der Waals surface area contributed by atoms with Crippen LogP contribution in [0.1, 0.15) is 6.42 Å². The summed E-state index contributed by atoms with van der Waals surface area (Å²) >= 11 is 0. The van der Waals surface area contributed by atoms with Crippen LogP contribution < -0.4 is 11.1 Å². The Bertz CT molecular complexity index is 610. The van der Waals surface area contributed by atoms with E-state index in [2.05, 4.69) is 5.32 Å². The van der Waals surface area contributed by atoms with E-state index >= 15 is 0 Å². The smallest absolute Gasteiger partial charge is 0.408 e. The number of ether oxygens (including phenoxy) is 1. The fourth-order valence-electron chi connectivity index (χ4n) is 2.73. The van der Waals surface area contributed by atoms with E-state index in [1.165, 1.54) is 0 Å². The third-order valence-electron chi connectivity index (χ3n) is 3.86. The summed E-state index contributed by atoms with van der Waals surface area (Å²) in [5.41, 5.74) is 1.50. The molecule has 5 heteroatoms. The van der Waals surface area contributed by atoms with Gasteiger partial charge in [0.15, 0.2) is 5.58 Å². The van der Waals surface area contributed by atoms with Crippen molar-refractivity contribution in [1.29, 1.82) is 0 Å². The zero-order chi connectivity index (χ0) is 13.2. The van der Waals surface area contributed by atoms with E-state index < -0.39 is 0 Å². The lowest BCUT2D eigenvalue weighted by atomic mass is 9.99. The maximum absolute atomic E-state index is 11.9. The van der Waals surface area contributed by atoms with E-state index in [4.69, 9.17) is 9.15 Å². The van der Waals surface area contributed by atoms with Gasteiger partial charge in [-0.1, -0.05) is 12.1 Å². The zero-order valence-corrected chi connectivity index (χ0v) is 11.0. The number of oxazole rings is 1. The predicted molar refractivity (Wildman–Crippen MR) is 72.2 cm³/mol. The minimum atomic E-state index is -0.291. The maximum atomic E-state index is 11.9. The Kier molecular flexibility index (Phi) is 3.40. The molecule has 1 aromatic heterocycles. The zero-order valence-electron chi connectivity index (χ0n) is 11.0. The highest BCUT2D eigenvalue weighted by atomic mass is 16.5. The maximum Gasteiger partial charge on any atom is 0.420 e. The number of rotatable bonds is 4. The molecule has 0 spiro atoms. The lowest BCUT2D eigenvalue weighted by Gasteiger charge is -2.21. The van der Waals surface area contributed by atoms with Gasteiger partial charge in [0.05, 0.1) is 12.1 Å². The second kappa shape index (κ2) is 5.19. The van der Waals surface area contributed by atoms with Gasteiger partial charge in [0.25, 0.3) is 0 Å². The number of hydrogen-bond acceptors (Lipinski definition) is 4. The number of nitrogens with zero attached hydrogens (tertiary/aromatic N) is 1. The van der Waals surface area contributed by atoms with Crippen molar-refractivity contribution in [2.45, 2.75) is 19.0 Å². The van der Waals surface area contributed by atoms with Crippen LogP contribution >= 0.6 is 0 Å². The SMILES string of the molecule is CNC(Cn1c(=O)oc2ccccc21)C1CCOC1. The summed E-state index contributed by atoms with van der Waals surface area (Å²) in [6, 6.07) is 7.75. The third kappa shape index (κ3) is 2.31. The van der Waals surface area contributed by atoms with Crippen molar-refractivity contribution in [2.24, 2.45) is 5.92 Å². The van der Waals surface area contributed by atoms with Crippen LogP contribution in [0.5, 0.6) is 0 Å². The molecule has 0 bridgehead atoms. The van der Waals surface area contributed by atoms with Gasteiger partial charge in [0.1, 0.15) is 0 Å². The Morgan fingerprint density at radius 2 is 2.32 bits per heavy atom. The van der Waals surface area contributed by atoms with Crippen molar-refractivity contribution in [3.05, 3.63) is 34.8 Å². The second-order valence-corrected chi connectivity index (χ2v) is 4.97. The molecule has 1 N–H and O–H groups in total. The minimum Gasteiger partial charge on any atom is -0.408 e. The monoisotopic (exact) mass is 262 g/mol. The minimum absolute atomic E-state index is 0.223. The van der Waals surface area contributed by atoms with Crippen LogP contribution in [0.15, 0.2) is 33.5 Å². The van der Waals surface area contributed by atoms with Crippen LogP contribution in [-0.2, 0) is 11.3 Å². The average molecular weight is 262 g/mol. The topological polar surface area (TPSA) is 56.4 Å². The van der Waals surface area contributed by atoms with Gasteiger partial charge < -0.3 is 14.5 Å². The summed E-state index contributed by atoms with van der Waals surface area (Å²) in [6.07, 6.45) is 1.04. The van der Waals surface area contributed by atoms with Crippen molar-refractivity contribution in [3.8, 4) is 0 Å². The summed E-state index contributed by atoms with van der Waals surface area (Å²) in [6.45, 7) is 2.18. The molecule has 2 unspecified atom stereocenters. The second-order valence-electron chi connectivity index (χ2n) is 4.97. The fourth-order valence-corrected chi connectivity index (χ4v) is 2.73. The highest BCUT2D eigenvalue weighted by Crippen LogP contribution is 2.19. The third-order valence-corrected chi connectivity index (χ3v) is 3.86.